The number of hydrogen-bond donors (Lipinski definition) is 1. The van der Waals surface area contributed by atoms with Crippen LogP contribution in [-0.4, -0.2) is 38.4 Å². The molecule has 1 fully saturated rings. The number of amides is 1. The van der Waals surface area contributed by atoms with Gasteiger partial charge in [-0.2, -0.15) is 4.80 Å². The van der Waals surface area contributed by atoms with Gasteiger partial charge in [0.2, 0.25) is 17.7 Å². The van der Waals surface area contributed by atoms with Crippen molar-refractivity contribution in [3.05, 3.63) is 54.1 Å². The van der Waals surface area contributed by atoms with E-state index in [1.807, 2.05) is 0 Å². The van der Waals surface area contributed by atoms with E-state index in [4.69, 9.17) is 0 Å². The largest absolute Gasteiger partial charge is 0.573 e. The standard InChI is InChI=1S/C22H20F5N5O2/c1-32-30-19(29-31-32)14-7-5-13(6-8-14)18(15-9-10-21(23,24)12-15)20(33)28-16-3-2-4-17(11-16)34-22(25,26)27/h2-8,11,15,18H,9-10,12H2,1H3,(H,28,33). The Balaban J connectivity index is 1.59. The fraction of sp³-hybridized carbons (Fsp3) is 0.364. The maximum Gasteiger partial charge on any atom is 0.573 e. The molecule has 2 unspecified atom stereocenters. The Kier molecular flexibility index (Phi) is 6.24. The zero-order chi connectivity index (χ0) is 24.5. The molecule has 180 valence electrons. The molecule has 1 amide bonds. The Morgan fingerprint density at radius 2 is 1.94 bits per heavy atom. The highest BCUT2D eigenvalue weighted by Crippen LogP contribution is 2.46. The number of rotatable bonds is 6. The van der Waals surface area contributed by atoms with E-state index in [0.29, 0.717) is 17.0 Å². The van der Waals surface area contributed by atoms with Crippen molar-refractivity contribution >= 4 is 11.6 Å². The van der Waals surface area contributed by atoms with Gasteiger partial charge in [0.1, 0.15) is 5.75 Å². The number of alkyl halides is 5. The minimum absolute atomic E-state index is 0.0573. The van der Waals surface area contributed by atoms with E-state index in [-0.39, 0.29) is 18.5 Å². The van der Waals surface area contributed by atoms with E-state index in [2.05, 4.69) is 25.5 Å². The van der Waals surface area contributed by atoms with Crippen molar-refractivity contribution in [2.24, 2.45) is 13.0 Å². The summed E-state index contributed by atoms with van der Waals surface area (Å²) in [6, 6.07) is 11.4. The van der Waals surface area contributed by atoms with Gasteiger partial charge in [-0.3, -0.25) is 4.79 Å². The molecule has 1 saturated carbocycles. The molecule has 2 atom stereocenters. The van der Waals surface area contributed by atoms with Crippen LogP contribution in [0, 0.1) is 5.92 Å². The number of aromatic nitrogens is 4. The van der Waals surface area contributed by atoms with Crippen molar-refractivity contribution in [2.75, 3.05) is 5.32 Å². The summed E-state index contributed by atoms with van der Waals surface area (Å²) in [5.41, 5.74) is 1.18. The minimum atomic E-state index is -4.89. The number of anilines is 1. The number of nitrogens with one attached hydrogen (secondary N) is 1. The lowest BCUT2D eigenvalue weighted by Crippen LogP contribution is -2.27. The number of benzene rings is 2. The topological polar surface area (TPSA) is 81.9 Å². The van der Waals surface area contributed by atoms with E-state index in [1.54, 1.807) is 31.3 Å². The average Bonchev–Trinajstić information content (AvgIpc) is 3.33. The van der Waals surface area contributed by atoms with Gasteiger partial charge in [-0.25, -0.2) is 8.78 Å². The Morgan fingerprint density at radius 3 is 2.53 bits per heavy atom. The van der Waals surface area contributed by atoms with Crippen molar-refractivity contribution in [3.8, 4) is 17.1 Å². The Morgan fingerprint density at radius 1 is 1.21 bits per heavy atom. The number of nitrogens with zero attached hydrogens (tertiary/aromatic N) is 4. The van der Waals surface area contributed by atoms with Gasteiger partial charge in [0, 0.05) is 30.2 Å². The molecule has 1 aliphatic rings. The molecule has 0 bridgehead atoms. The number of carbonyl (C=O) groups excluding carboxylic acids is 1. The van der Waals surface area contributed by atoms with E-state index in [1.165, 1.54) is 16.9 Å². The number of ether oxygens (including phenoxy) is 1. The Bertz CT molecular complexity index is 1160. The molecule has 0 radical (unpaired) electrons. The fourth-order valence-electron chi connectivity index (χ4n) is 4.14. The second-order valence-electron chi connectivity index (χ2n) is 8.13. The van der Waals surface area contributed by atoms with Crippen molar-refractivity contribution in [1.29, 1.82) is 0 Å². The average molecular weight is 481 g/mol. The number of halogens is 5. The summed E-state index contributed by atoms with van der Waals surface area (Å²) in [5.74, 6) is -5.21. The second kappa shape index (κ2) is 8.99. The molecule has 4 rings (SSSR count). The van der Waals surface area contributed by atoms with Crippen LogP contribution in [-0.2, 0) is 11.8 Å². The maximum absolute atomic E-state index is 14.0. The molecule has 1 N–H and O–H groups in total. The van der Waals surface area contributed by atoms with Crippen molar-refractivity contribution < 1.29 is 31.5 Å². The van der Waals surface area contributed by atoms with E-state index < -0.39 is 42.2 Å². The third-order valence-corrected chi connectivity index (χ3v) is 5.57. The fourth-order valence-corrected chi connectivity index (χ4v) is 4.14. The monoisotopic (exact) mass is 481 g/mol. The summed E-state index contributed by atoms with van der Waals surface area (Å²) in [6.07, 6.45) is -5.55. The van der Waals surface area contributed by atoms with Crippen LogP contribution >= 0.6 is 0 Å². The summed E-state index contributed by atoms with van der Waals surface area (Å²) in [4.78, 5) is 14.5. The van der Waals surface area contributed by atoms with Crippen LogP contribution in [0.2, 0.25) is 0 Å². The van der Waals surface area contributed by atoms with Gasteiger partial charge in [0.25, 0.3) is 0 Å². The predicted octanol–water partition coefficient (Wildman–Crippen LogP) is 4.93. The smallest absolute Gasteiger partial charge is 0.406 e. The van der Waals surface area contributed by atoms with Crippen LogP contribution in [0.3, 0.4) is 0 Å². The van der Waals surface area contributed by atoms with Crippen LogP contribution in [0.4, 0.5) is 27.6 Å². The highest BCUT2D eigenvalue weighted by Gasteiger charge is 2.45. The summed E-state index contributed by atoms with van der Waals surface area (Å²) < 4.78 is 69.4. The molecular weight excluding hydrogens is 461 g/mol. The summed E-state index contributed by atoms with van der Waals surface area (Å²) >= 11 is 0. The van der Waals surface area contributed by atoms with Crippen LogP contribution < -0.4 is 10.1 Å². The third-order valence-electron chi connectivity index (χ3n) is 5.57. The molecule has 2 aromatic carbocycles. The molecule has 1 heterocycles. The number of aryl methyl sites for hydroxylation is 1. The van der Waals surface area contributed by atoms with Crippen LogP contribution in [0.15, 0.2) is 48.5 Å². The lowest BCUT2D eigenvalue weighted by molar-refractivity contribution is -0.274. The second-order valence-corrected chi connectivity index (χ2v) is 8.13. The Hall–Kier alpha value is -3.57. The van der Waals surface area contributed by atoms with Crippen LogP contribution in [0.25, 0.3) is 11.4 Å². The SMILES string of the molecule is Cn1nnc(-c2ccc(C(C(=O)Nc3cccc(OC(F)(F)F)c3)C3CCC(F)(F)C3)cc2)n1. The first-order chi connectivity index (χ1) is 16.0. The van der Waals surface area contributed by atoms with Crippen LogP contribution in [0.5, 0.6) is 5.75 Å². The molecule has 12 heteroatoms. The highest BCUT2D eigenvalue weighted by atomic mass is 19.4. The first kappa shape index (κ1) is 23.6. The van der Waals surface area contributed by atoms with Gasteiger partial charge in [-0.1, -0.05) is 30.3 Å². The summed E-state index contributed by atoms with van der Waals surface area (Å²) in [7, 11) is 1.61. The zero-order valence-corrected chi connectivity index (χ0v) is 17.9. The molecule has 0 aliphatic heterocycles. The van der Waals surface area contributed by atoms with Crippen molar-refractivity contribution in [3.63, 3.8) is 0 Å². The van der Waals surface area contributed by atoms with Gasteiger partial charge < -0.3 is 10.1 Å². The molecule has 3 aromatic rings. The molecule has 1 aromatic heterocycles. The third kappa shape index (κ3) is 5.67. The minimum Gasteiger partial charge on any atom is -0.406 e. The molecule has 34 heavy (non-hydrogen) atoms. The lowest BCUT2D eigenvalue weighted by atomic mass is 9.83. The predicted molar refractivity (Wildman–Crippen MR) is 111 cm³/mol. The quantitative estimate of drug-likeness (QED) is 0.505. The van der Waals surface area contributed by atoms with Crippen molar-refractivity contribution in [1.82, 2.24) is 20.2 Å². The molecular formula is C22H20F5N5O2. The first-order valence-corrected chi connectivity index (χ1v) is 10.4. The molecule has 0 saturated heterocycles. The van der Waals surface area contributed by atoms with Gasteiger partial charge in [0.15, 0.2) is 0 Å². The van der Waals surface area contributed by atoms with Gasteiger partial charge in [-0.05, 0) is 35.2 Å². The van der Waals surface area contributed by atoms with E-state index in [9.17, 15) is 26.7 Å². The van der Waals surface area contributed by atoms with Gasteiger partial charge >= 0.3 is 6.36 Å². The molecule has 0 spiro atoms. The lowest BCUT2D eigenvalue weighted by Gasteiger charge is -2.24. The molecule has 1 aliphatic carbocycles. The summed E-state index contributed by atoms with van der Waals surface area (Å²) in [5, 5.41) is 14.3. The zero-order valence-electron chi connectivity index (χ0n) is 17.9. The van der Waals surface area contributed by atoms with E-state index in [0.717, 1.165) is 12.1 Å². The number of tetrazole rings is 1. The van der Waals surface area contributed by atoms with Gasteiger partial charge in [-0.15, -0.1) is 23.4 Å². The van der Waals surface area contributed by atoms with Crippen molar-refractivity contribution in [2.45, 2.75) is 37.5 Å². The van der Waals surface area contributed by atoms with Gasteiger partial charge in [0.05, 0.1) is 13.0 Å². The van der Waals surface area contributed by atoms with Crippen LogP contribution in [0.1, 0.15) is 30.7 Å². The normalized spacial score (nSPS) is 18.5. The number of hydrogen-bond acceptors (Lipinski definition) is 5. The summed E-state index contributed by atoms with van der Waals surface area (Å²) in [6.45, 7) is 0. The van der Waals surface area contributed by atoms with E-state index >= 15 is 0 Å². The number of carbonyl (C=O) groups is 1. The highest BCUT2D eigenvalue weighted by molar-refractivity contribution is 5.96. The Labute approximate surface area is 190 Å². The first-order valence-electron chi connectivity index (χ1n) is 10.4. The molecule has 7 nitrogen and oxygen atoms in total. The maximum atomic E-state index is 14.0.